The summed E-state index contributed by atoms with van der Waals surface area (Å²) in [5.41, 5.74) is 0. The zero-order chi connectivity index (χ0) is 20.5. The van der Waals surface area contributed by atoms with Crippen molar-refractivity contribution in [2.45, 2.75) is 64.7 Å². The molecule has 0 saturated carbocycles. The molecule has 1 N–H and O–H groups in total. The summed E-state index contributed by atoms with van der Waals surface area (Å²) >= 11 is 0. The van der Waals surface area contributed by atoms with Crippen LogP contribution in [-0.4, -0.2) is 99.7 Å². The predicted octanol–water partition coefficient (Wildman–Crippen LogP) is 2.59. The van der Waals surface area contributed by atoms with Crippen molar-refractivity contribution in [2.75, 3.05) is 65.7 Å². The molecule has 3 rings (SSSR count). The highest BCUT2D eigenvalue weighted by atomic mass is 127. The van der Waals surface area contributed by atoms with Gasteiger partial charge in [0.15, 0.2) is 5.96 Å². The highest BCUT2D eigenvalue weighted by Crippen LogP contribution is 2.22. The van der Waals surface area contributed by atoms with E-state index in [1.54, 1.807) is 0 Å². The molecule has 0 spiro atoms. The molecule has 0 bridgehead atoms. The van der Waals surface area contributed by atoms with Crippen molar-refractivity contribution in [3.05, 3.63) is 0 Å². The Kier molecular flexibility index (Phi) is 12.2. The molecule has 3 heterocycles. The summed E-state index contributed by atoms with van der Waals surface area (Å²) in [6.45, 7) is 15.6. The molecule has 3 saturated heterocycles. The van der Waals surface area contributed by atoms with E-state index in [9.17, 15) is 0 Å². The second-order valence-corrected chi connectivity index (χ2v) is 8.39. The van der Waals surface area contributed by atoms with Crippen molar-refractivity contribution in [1.29, 1.82) is 0 Å². The van der Waals surface area contributed by atoms with E-state index in [2.05, 4.69) is 35.9 Å². The lowest BCUT2D eigenvalue weighted by atomic mass is 9.92. The summed E-state index contributed by atoms with van der Waals surface area (Å²) in [6, 6.07) is 0.484. The number of nitrogens with one attached hydrogen (secondary N) is 1. The second-order valence-electron chi connectivity index (χ2n) is 8.39. The maximum atomic E-state index is 6.04. The van der Waals surface area contributed by atoms with E-state index in [1.165, 1.54) is 12.8 Å². The van der Waals surface area contributed by atoms with E-state index in [1.807, 2.05) is 0 Å². The van der Waals surface area contributed by atoms with E-state index >= 15 is 0 Å². The lowest BCUT2D eigenvalue weighted by molar-refractivity contribution is -0.0817. The summed E-state index contributed by atoms with van der Waals surface area (Å²) in [6.07, 6.45) is 5.05. The van der Waals surface area contributed by atoms with Gasteiger partial charge >= 0.3 is 0 Å². The Balaban J connectivity index is 0.00000320. The van der Waals surface area contributed by atoms with Crippen LogP contribution in [0.4, 0.5) is 0 Å². The lowest BCUT2D eigenvalue weighted by Gasteiger charge is -2.39. The van der Waals surface area contributed by atoms with Gasteiger partial charge in [-0.3, -0.25) is 9.89 Å². The van der Waals surface area contributed by atoms with Crippen LogP contribution in [-0.2, 0) is 14.2 Å². The Morgan fingerprint density at radius 3 is 2.37 bits per heavy atom. The van der Waals surface area contributed by atoms with Crippen LogP contribution in [0.1, 0.15) is 46.5 Å². The zero-order valence-corrected chi connectivity index (χ0v) is 21.5. The van der Waals surface area contributed by atoms with Gasteiger partial charge in [-0.2, -0.15) is 0 Å². The highest BCUT2D eigenvalue weighted by Gasteiger charge is 2.33. The number of rotatable bonds is 8. The zero-order valence-electron chi connectivity index (χ0n) is 19.2. The van der Waals surface area contributed by atoms with Crippen LogP contribution < -0.4 is 5.32 Å². The first-order valence-corrected chi connectivity index (χ1v) is 11.8. The molecule has 0 aromatic heterocycles. The molecule has 0 aromatic carbocycles. The van der Waals surface area contributed by atoms with E-state index in [-0.39, 0.29) is 36.2 Å². The number of ether oxygens (including phenoxy) is 3. The van der Waals surface area contributed by atoms with Crippen LogP contribution in [0.25, 0.3) is 0 Å². The second kappa shape index (κ2) is 14.1. The van der Waals surface area contributed by atoms with E-state index in [0.29, 0.717) is 12.0 Å². The number of nitrogens with zero attached hydrogens (tertiary/aromatic N) is 3. The van der Waals surface area contributed by atoms with Gasteiger partial charge in [0, 0.05) is 45.4 Å². The lowest BCUT2D eigenvalue weighted by Crippen LogP contribution is -2.54. The summed E-state index contributed by atoms with van der Waals surface area (Å²) in [5, 5.41) is 3.53. The highest BCUT2D eigenvalue weighted by molar-refractivity contribution is 14.0. The topological polar surface area (TPSA) is 58.6 Å². The van der Waals surface area contributed by atoms with Crippen molar-refractivity contribution < 1.29 is 14.2 Å². The van der Waals surface area contributed by atoms with Crippen molar-refractivity contribution in [1.82, 2.24) is 15.1 Å². The minimum absolute atomic E-state index is 0. The summed E-state index contributed by atoms with van der Waals surface area (Å²) in [5.74, 6) is 1.70. The van der Waals surface area contributed by atoms with Crippen LogP contribution in [0.2, 0.25) is 0 Å². The van der Waals surface area contributed by atoms with E-state index < -0.39 is 0 Å². The van der Waals surface area contributed by atoms with Gasteiger partial charge in [-0.1, -0.05) is 26.7 Å². The number of hydrogen-bond acceptors (Lipinski definition) is 5. The Hall–Kier alpha value is -0.160. The van der Waals surface area contributed by atoms with Crippen molar-refractivity contribution in [2.24, 2.45) is 10.9 Å². The number of morpholine rings is 2. The van der Waals surface area contributed by atoms with Crippen molar-refractivity contribution in [3.63, 3.8) is 0 Å². The number of aliphatic imine (C=N–C) groups is 1. The van der Waals surface area contributed by atoms with Gasteiger partial charge < -0.3 is 24.4 Å². The molecule has 0 aromatic rings. The van der Waals surface area contributed by atoms with Gasteiger partial charge in [0.2, 0.25) is 0 Å². The van der Waals surface area contributed by atoms with Gasteiger partial charge in [0.25, 0.3) is 0 Å². The number of hydrogen-bond donors (Lipinski definition) is 1. The fourth-order valence-corrected chi connectivity index (χ4v) is 4.90. The molecule has 8 heteroatoms. The minimum Gasteiger partial charge on any atom is -0.379 e. The predicted molar refractivity (Wildman–Crippen MR) is 132 cm³/mol. The SMILES string of the molecule is CCNC(=NCC(C(CC)CC)N1CCOCC1)N1CCOC(C2CCCO2)C1.I. The van der Waals surface area contributed by atoms with Crippen LogP contribution in [0.15, 0.2) is 4.99 Å². The maximum Gasteiger partial charge on any atom is 0.194 e. The van der Waals surface area contributed by atoms with Crippen LogP contribution in [0.3, 0.4) is 0 Å². The Morgan fingerprint density at radius 1 is 1.00 bits per heavy atom. The Labute approximate surface area is 200 Å². The van der Waals surface area contributed by atoms with Gasteiger partial charge in [-0.25, -0.2) is 0 Å². The van der Waals surface area contributed by atoms with Crippen molar-refractivity contribution in [3.8, 4) is 0 Å². The smallest absolute Gasteiger partial charge is 0.194 e. The normalized spacial score (nSPS) is 27.2. The fourth-order valence-electron chi connectivity index (χ4n) is 4.90. The summed E-state index contributed by atoms with van der Waals surface area (Å²) in [7, 11) is 0. The summed E-state index contributed by atoms with van der Waals surface area (Å²) < 4.78 is 17.5. The Bertz CT molecular complexity index is 495. The largest absolute Gasteiger partial charge is 0.379 e. The van der Waals surface area contributed by atoms with Gasteiger partial charge in [0.1, 0.15) is 6.10 Å². The number of halogens is 1. The molecule has 3 aliphatic rings. The molecule has 3 fully saturated rings. The maximum absolute atomic E-state index is 6.04. The first kappa shape index (κ1) is 26.1. The van der Waals surface area contributed by atoms with Crippen LogP contribution in [0.5, 0.6) is 0 Å². The monoisotopic (exact) mass is 538 g/mol. The molecule has 7 nitrogen and oxygen atoms in total. The van der Waals surface area contributed by atoms with Crippen LogP contribution >= 0.6 is 24.0 Å². The quantitative estimate of drug-likeness (QED) is 0.292. The first-order valence-electron chi connectivity index (χ1n) is 11.8. The molecule has 3 unspecified atom stereocenters. The molecule has 0 radical (unpaired) electrons. The number of guanidine groups is 1. The van der Waals surface area contributed by atoms with E-state index in [0.717, 1.165) is 84.5 Å². The molecule has 0 amide bonds. The van der Waals surface area contributed by atoms with Gasteiger partial charge in [0.05, 0.1) is 32.5 Å². The third-order valence-corrected chi connectivity index (χ3v) is 6.64. The van der Waals surface area contributed by atoms with E-state index in [4.69, 9.17) is 19.2 Å². The van der Waals surface area contributed by atoms with Crippen LogP contribution in [0, 0.1) is 5.92 Å². The van der Waals surface area contributed by atoms with Crippen molar-refractivity contribution >= 4 is 29.9 Å². The third-order valence-electron chi connectivity index (χ3n) is 6.64. The standard InChI is InChI=1S/C22H42N4O3.HI/c1-4-18(5-2)19(25-9-13-27-14-10-25)16-24-22(23-6-3)26-11-15-29-21(17-26)20-8-7-12-28-20;/h18-21H,4-17H2,1-3H3,(H,23,24);1H. The van der Waals surface area contributed by atoms with Gasteiger partial charge in [-0.15, -0.1) is 24.0 Å². The third kappa shape index (κ3) is 7.18. The summed E-state index contributed by atoms with van der Waals surface area (Å²) in [4.78, 5) is 10.1. The van der Waals surface area contributed by atoms with Gasteiger partial charge in [-0.05, 0) is 25.7 Å². The minimum atomic E-state index is 0. The molecule has 3 atom stereocenters. The molecule has 3 aliphatic heterocycles. The average Bonchev–Trinajstić information content (AvgIpc) is 3.31. The molecule has 0 aliphatic carbocycles. The average molecular weight is 539 g/mol. The molecular formula is C22H43IN4O3. The Morgan fingerprint density at radius 2 is 1.73 bits per heavy atom. The first-order chi connectivity index (χ1) is 14.3. The molecule has 176 valence electrons. The fraction of sp³-hybridized carbons (Fsp3) is 0.955. The molecule has 30 heavy (non-hydrogen) atoms. The molecular weight excluding hydrogens is 495 g/mol.